The molecule has 0 unspecified atom stereocenters. The fourth-order valence-corrected chi connectivity index (χ4v) is 2.01. The van der Waals surface area contributed by atoms with Crippen LogP contribution in [0.5, 0.6) is 0 Å². The van der Waals surface area contributed by atoms with E-state index >= 15 is 0 Å². The van der Waals surface area contributed by atoms with Crippen molar-refractivity contribution < 1.29 is 9.59 Å². The standard InChI is InChI=1S/C17H18ClN3O2/c1-11(2)16(22)19-14-7-4-8-15(10-14)21-17(23)20-13-6-3-5-12(18)9-13/h3-11H,1-2H3,(H,19,22)(H2,20,21,23). The molecular weight excluding hydrogens is 314 g/mol. The van der Waals surface area contributed by atoms with Crippen molar-refractivity contribution in [1.29, 1.82) is 0 Å². The van der Waals surface area contributed by atoms with E-state index in [9.17, 15) is 9.59 Å². The van der Waals surface area contributed by atoms with Crippen molar-refractivity contribution in [3.05, 3.63) is 53.6 Å². The molecule has 0 saturated heterocycles. The van der Waals surface area contributed by atoms with Crippen LogP contribution in [0.2, 0.25) is 5.02 Å². The maximum absolute atomic E-state index is 12.0. The van der Waals surface area contributed by atoms with E-state index in [1.807, 2.05) is 13.8 Å². The van der Waals surface area contributed by atoms with Crippen LogP contribution in [0.1, 0.15) is 13.8 Å². The van der Waals surface area contributed by atoms with Gasteiger partial charge in [0.15, 0.2) is 0 Å². The normalized spacial score (nSPS) is 10.3. The molecule has 2 rings (SSSR count). The fraction of sp³-hybridized carbons (Fsp3) is 0.176. The van der Waals surface area contributed by atoms with Gasteiger partial charge in [-0.05, 0) is 36.4 Å². The summed E-state index contributed by atoms with van der Waals surface area (Å²) in [6.07, 6.45) is 0. The first-order chi connectivity index (χ1) is 10.9. The van der Waals surface area contributed by atoms with Crippen molar-refractivity contribution in [2.75, 3.05) is 16.0 Å². The third kappa shape index (κ3) is 5.30. The van der Waals surface area contributed by atoms with Gasteiger partial charge in [-0.15, -0.1) is 0 Å². The lowest BCUT2D eigenvalue weighted by Crippen LogP contribution is -2.20. The SMILES string of the molecule is CC(C)C(=O)Nc1cccc(NC(=O)Nc2cccc(Cl)c2)c1. The molecule has 3 amide bonds. The summed E-state index contributed by atoms with van der Waals surface area (Å²) in [6, 6.07) is 13.4. The summed E-state index contributed by atoms with van der Waals surface area (Å²) in [7, 11) is 0. The number of benzene rings is 2. The zero-order valence-corrected chi connectivity index (χ0v) is 13.6. The van der Waals surface area contributed by atoms with Crippen LogP contribution in [0, 0.1) is 5.92 Å². The number of urea groups is 1. The van der Waals surface area contributed by atoms with Crippen molar-refractivity contribution >= 4 is 40.6 Å². The van der Waals surface area contributed by atoms with Crippen molar-refractivity contribution in [3.63, 3.8) is 0 Å². The lowest BCUT2D eigenvalue weighted by molar-refractivity contribution is -0.118. The topological polar surface area (TPSA) is 70.2 Å². The highest BCUT2D eigenvalue weighted by atomic mass is 35.5. The third-order valence-electron chi connectivity index (χ3n) is 2.99. The minimum absolute atomic E-state index is 0.0782. The lowest BCUT2D eigenvalue weighted by atomic mass is 10.2. The van der Waals surface area contributed by atoms with E-state index in [-0.39, 0.29) is 17.9 Å². The number of rotatable bonds is 4. The van der Waals surface area contributed by atoms with Gasteiger partial charge in [0.1, 0.15) is 0 Å². The summed E-state index contributed by atoms with van der Waals surface area (Å²) >= 11 is 5.87. The van der Waals surface area contributed by atoms with Gasteiger partial charge < -0.3 is 16.0 Å². The molecule has 23 heavy (non-hydrogen) atoms. The van der Waals surface area contributed by atoms with Crippen LogP contribution in [-0.4, -0.2) is 11.9 Å². The Morgan fingerprint density at radius 1 is 0.870 bits per heavy atom. The minimum atomic E-state index is -0.389. The maximum Gasteiger partial charge on any atom is 0.323 e. The second-order valence-electron chi connectivity index (χ2n) is 5.31. The third-order valence-corrected chi connectivity index (χ3v) is 3.23. The molecule has 2 aromatic rings. The summed E-state index contributed by atoms with van der Waals surface area (Å²) in [4.78, 5) is 23.7. The zero-order valence-electron chi connectivity index (χ0n) is 12.9. The van der Waals surface area contributed by atoms with E-state index in [0.29, 0.717) is 22.1 Å². The Labute approximate surface area is 140 Å². The quantitative estimate of drug-likeness (QED) is 0.767. The Morgan fingerprint density at radius 3 is 1.96 bits per heavy atom. The first-order valence-electron chi connectivity index (χ1n) is 7.18. The Morgan fingerprint density at radius 2 is 1.39 bits per heavy atom. The van der Waals surface area contributed by atoms with E-state index in [1.54, 1.807) is 48.5 Å². The van der Waals surface area contributed by atoms with Gasteiger partial charge in [-0.2, -0.15) is 0 Å². The molecule has 5 nitrogen and oxygen atoms in total. The van der Waals surface area contributed by atoms with Gasteiger partial charge in [0.2, 0.25) is 5.91 Å². The average molecular weight is 332 g/mol. The second-order valence-corrected chi connectivity index (χ2v) is 5.75. The minimum Gasteiger partial charge on any atom is -0.326 e. The van der Waals surface area contributed by atoms with Crippen LogP contribution < -0.4 is 16.0 Å². The number of halogens is 1. The van der Waals surface area contributed by atoms with Crippen LogP contribution in [-0.2, 0) is 4.79 Å². The number of anilines is 3. The molecule has 0 heterocycles. The maximum atomic E-state index is 12.0. The first-order valence-corrected chi connectivity index (χ1v) is 7.56. The molecular formula is C17H18ClN3O2. The summed E-state index contributed by atoms with van der Waals surface area (Å²) in [5.41, 5.74) is 1.80. The van der Waals surface area contributed by atoms with E-state index in [4.69, 9.17) is 11.6 Å². The lowest BCUT2D eigenvalue weighted by Gasteiger charge is -2.11. The molecule has 0 aliphatic rings. The molecule has 0 fully saturated rings. The largest absolute Gasteiger partial charge is 0.326 e. The van der Waals surface area contributed by atoms with E-state index < -0.39 is 0 Å². The average Bonchev–Trinajstić information content (AvgIpc) is 2.47. The van der Waals surface area contributed by atoms with Gasteiger partial charge in [-0.3, -0.25) is 4.79 Å². The molecule has 0 bridgehead atoms. The number of hydrogen-bond acceptors (Lipinski definition) is 2. The molecule has 6 heteroatoms. The van der Waals surface area contributed by atoms with Gasteiger partial charge in [-0.1, -0.05) is 37.6 Å². The number of carbonyl (C=O) groups excluding carboxylic acids is 2. The Hall–Kier alpha value is -2.53. The van der Waals surface area contributed by atoms with Crippen molar-refractivity contribution in [3.8, 4) is 0 Å². The molecule has 2 aromatic carbocycles. The van der Waals surface area contributed by atoms with Crippen molar-refractivity contribution in [2.45, 2.75) is 13.8 Å². The predicted molar refractivity (Wildman–Crippen MR) is 94.0 cm³/mol. The molecule has 120 valence electrons. The van der Waals surface area contributed by atoms with E-state index in [0.717, 1.165) is 0 Å². The smallest absolute Gasteiger partial charge is 0.323 e. The monoisotopic (exact) mass is 331 g/mol. The van der Waals surface area contributed by atoms with Crippen LogP contribution in [0.3, 0.4) is 0 Å². The first kappa shape index (κ1) is 16.8. The highest BCUT2D eigenvalue weighted by Crippen LogP contribution is 2.18. The van der Waals surface area contributed by atoms with Gasteiger partial charge in [0.25, 0.3) is 0 Å². The Balaban J connectivity index is 1.99. The number of hydrogen-bond donors (Lipinski definition) is 3. The van der Waals surface area contributed by atoms with Gasteiger partial charge >= 0.3 is 6.03 Å². The van der Waals surface area contributed by atoms with E-state index in [1.165, 1.54) is 0 Å². The zero-order chi connectivity index (χ0) is 16.8. The van der Waals surface area contributed by atoms with Gasteiger partial charge in [-0.25, -0.2) is 4.79 Å². The summed E-state index contributed by atoms with van der Waals surface area (Å²) in [5.74, 6) is -0.191. The number of amides is 3. The van der Waals surface area contributed by atoms with Crippen molar-refractivity contribution in [2.24, 2.45) is 5.92 Å². The van der Waals surface area contributed by atoms with Crippen LogP contribution in [0.25, 0.3) is 0 Å². The van der Waals surface area contributed by atoms with Gasteiger partial charge in [0, 0.05) is 28.0 Å². The Kier molecular flexibility index (Phi) is 5.60. The number of carbonyl (C=O) groups is 2. The van der Waals surface area contributed by atoms with Crippen LogP contribution >= 0.6 is 11.6 Å². The highest BCUT2D eigenvalue weighted by molar-refractivity contribution is 6.30. The molecule has 0 atom stereocenters. The molecule has 0 aromatic heterocycles. The van der Waals surface area contributed by atoms with Crippen LogP contribution in [0.15, 0.2) is 48.5 Å². The molecule has 0 saturated carbocycles. The summed E-state index contributed by atoms with van der Waals surface area (Å²) in [6.45, 7) is 3.63. The molecule has 0 spiro atoms. The van der Waals surface area contributed by atoms with E-state index in [2.05, 4.69) is 16.0 Å². The number of nitrogens with one attached hydrogen (secondary N) is 3. The van der Waals surface area contributed by atoms with Crippen LogP contribution in [0.4, 0.5) is 21.9 Å². The van der Waals surface area contributed by atoms with Crippen molar-refractivity contribution in [1.82, 2.24) is 0 Å². The van der Waals surface area contributed by atoms with Gasteiger partial charge in [0.05, 0.1) is 0 Å². The fourth-order valence-electron chi connectivity index (χ4n) is 1.82. The molecule has 3 N–H and O–H groups in total. The predicted octanol–water partition coefficient (Wildman–Crippen LogP) is 4.58. The molecule has 0 radical (unpaired) electrons. The summed E-state index contributed by atoms with van der Waals surface area (Å²) in [5, 5.41) is 8.72. The second kappa shape index (κ2) is 7.65. The molecule has 0 aliphatic carbocycles. The summed E-state index contributed by atoms with van der Waals surface area (Å²) < 4.78 is 0. The Bertz CT molecular complexity index is 716. The molecule has 0 aliphatic heterocycles. The highest BCUT2D eigenvalue weighted by Gasteiger charge is 2.08.